The zero-order valence-electron chi connectivity index (χ0n) is 32.9. The molecule has 1 saturated carbocycles. The Bertz CT molecular complexity index is 2480. The highest BCUT2D eigenvalue weighted by molar-refractivity contribution is 6.05. The average molecular weight is 801 g/mol. The standard InChI is InChI=1S/C42H47F3N8O5/c1-41(2)21-25(28-7-5-9-32-37(28)50(3)40(57)53(32)33-15-16-36(54)48-39(33)56)17-18-51(41)22-24-11-13-27(14-12-24)52-23-26-19-31(34(58-4)20-30(26)49-52)47-38(55)29-8-6-10-35(46-29)42(43,44)45/h5-10,19-20,23-25,27,33H,11-18,21-22H2,1-4H3,(H,47,55)(H,48,54,56). The van der Waals surface area contributed by atoms with Crippen molar-refractivity contribution in [2.45, 2.75) is 94.9 Å². The molecule has 2 atom stereocenters. The van der Waals surface area contributed by atoms with Crippen molar-refractivity contribution < 1.29 is 32.3 Å². The molecule has 2 aliphatic heterocycles. The molecule has 1 aliphatic carbocycles. The number of nitrogens with zero attached hydrogens (tertiary/aromatic N) is 6. The van der Waals surface area contributed by atoms with E-state index in [1.807, 2.05) is 23.0 Å². The fraction of sp³-hybridized carbons (Fsp3) is 0.476. The van der Waals surface area contributed by atoms with E-state index in [-0.39, 0.29) is 41.2 Å². The number of nitrogens with one attached hydrogen (secondary N) is 2. The van der Waals surface area contributed by atoms with Crippen molar-refractivity contribution in [1.29, 1.82) is 0 Å². The van der Waals surface area contributed by atoms with E-state index in [0.717, 1.165) is 85.7 Å². The van der Waals surface area contributed by atoms with Gasteiger partial charge >= 0.3 is 11.9 Å². The summed E-state index contributed by atoms with van der Waals surface area (Å²) in [7, 11) is 3.22. The second-order valence-corrected chi connectivity index (χ2v) is 16.6. The van der Waals surface area contributed by atoms with E-state index in [0.29, 0.717) is 29.3 Å². The van der Waals surface area contributed by atoms with Gasteiger partial charge in [-0.3, -0.25) is 38.4 Å². The van der Waals surface area contributed by atoms with Gasteiger partial charge in [0.1, 0.15) is 23.2 Å². The number of rotatable bonds is 8. The fourth-order valence-corrected chi connectivity index (χ4v) is 9.41. The Morgan fingerprint density at radius 1 is 1.02 bits per heavy atom. The number of imidazole rings is 1. The number of carbonyl (C=O) groups is 3. The second kappa shape index (κ2) is 15.0. The number of hydrogen-bond acceptors (Lipinski definition) is 8. The number of carbonyl (C=O) groups excluding carboxylic acids is 3. The number of pyridine rings is 1. The Morgan fingerprint density at radius 3 is 2.48 bits per heavy atom. The summed E-state index contributed by atoms with van der Waals surface area (Å²) in [5.41, 5.74) is 1.83. The number of methoxy groups -OCH3 is 1. The Morgan fingerprint density at radius 2 is 1.78 bits per heavy atom. The molecule has 8 rings (SSSR count). The van der Waals surface area contributed by atoms with Crippen molar-refractivity contribution in [3.05, 3.63) is 82.2 Å². The number of aromatic nitrogens is 5. The van der Waals surface area contributed by atoms with Crippen molar-refractivity contribution in [2.75, 3.05) is 25.5 Å². The van der Waals surface area contributed by atoms with Crippen molar-refractivity contribution in [2.24, 2.45) is 13.0 Å². The first-order chi connectivity index (χ1) is 27.6. The summed E-state index contributed by atoms with van der Waals surface area (Å²) < 4.78 is 50.3. The number of halogens is 3. The van der Waals surface area contributed by atoms with Crippen LogP contribution in [0.5, 0.6) is 5.75 Å². The summed E-state index contributed by atoms with van der Waals surface area (Å²) in [4.78, 5) is 57.2. The molecule has 2 saturated heterocycles. The molecule has 3 amide bonds. The zero-order chi connectivity index (χ0) is 41.1. The number of ether oxygens (including phenoxy) is 1. The second-order valence-electron chi connectivity index (χ2n) is 16.6. The third-order valence-electron chi connectivity index (χ3n) is 12.5. The molecule has 2 aromatic carbocycles. The third kappa shape index (κ3) is 7.38. The molecule has 3 fully saturated rings. The molecule has 16 heteroatoms. The SMILES string of the molecule is COc1cc2nn(C3CCC(CN4CCC(c5cccc6c5n(C)c(=O)n6C5CCC(=O)NC5=O)CC4(C)C)CC3)cc2cc1NC(=O)c1cccc(C(F)(F)F)n1. The monoisotopic (exact) mass is 800 g/mol. The van der Waals surface area contributed by atoms with Crippen LogP contribution in [0.25, 0.3) is 21.9 Å². The molecule has 306 valence electrons. The summed E-state index contributed by atoms with van der Waals surface area (Å²) in [5.74, 6) is -0.447. The van der Waals surface area contributed by atoms with Crippen molar-refractivity contribution >= 4 is 45.3 Å². The molecule has 13 nitrogen and oxygen atoms in total. The van der Waals surface area contributed by atoms with Crippen LogP contribution in [-0.2, 0) is 22.8 Å². The van der Waals surface area contributed by atoms with Gasteiger partial charge in [-0.15, -0.1) is 0 Å². The summed E-state index contributed by atoms with van der Waals surface area (Å²) in [5, 5.41) is 10.7. The Kier molecular flexibility index (Phi) is 10.2. The highest BCUT2D eigenvalue weighted by Gasteiger charge is 2.39. The first kappa shape index (κ1) is 39.3. The quantitative estimate of drug-likeness (QED) is 0.165. The van der Waals surface area contributed by atoms with Crippen LogP contribution in [0.4, 0.5) is 18.9 Å². The highest BCUT2D eigenvalue weighted by atomic mass is 19.4. The van der Waals surface area contributed by atoms with Gasteiger partial charge in [0.25, 0.3) is 5.91 Å². The number of anilines is 1. The Hall–Kier alpha value is -5.51. The number of amides is 3. The van der Waals surface area contributed by atoms with Gasteiger partial charge in [0.05, 0.1) is 35.4 Å². The number of fused-ring (bicyclic) bond motifs is 2. The number of imide groups is 1. The number of piperidine rings is 2. The lowest BCUT2D eigenvalue weighted by atomic mass is 9.77. The van der Waals surface area contributed by atoms with Crippen LogP contribution in [0, 0.1) is 5.92 Å². The lowest BCUT2D eigenvalue weighted by Crippen LogP contribution is -2.51. The maximum absolute atomic E-state index is 13.6. The van der Waals surface area contributed by atoms with Gasteiger partial charge in [-0.05, 0) is 107 Å². The van der Waals surface area contributed by atoms with Gasteiger partial charge in [-0.25, -0.2) is 9.78 Å². The van der Waals surface area contributed by atoms with Crippen LogP contribution in [-0.4, -0.2) is 72.3 Å². The molecule has 5 aromatic rings. The molecule has 3 aliphatic rings. The maximum atomic E-state index is 13.6. The minimum Gasteiger partial charge on any atom is -0.494 e. The molecule has 5 heterocycles. The van der Waals surface area contributed by atoms with Crippen LogP contribution in [0.3, 0.4) is 0 Å². The first-order valence-corrected chi connectivity index (χ1v) is 19.8. The summed E-state index contributed by atoms with van der Waals surface area (Å²) in [6.45, 7) is 6.51. The Balaban J connectivity index is 0.910. The van der Waals surface area contributed by atoms with Crippen LogP contribution >= 0.6 is 0 Å². The molecular weight excluding hydrogens is 754 g/mol. The number of benzene rings is 2. The van der Waals surface area contributed by atoms with Gasteiger partial charge in [0.15, 0.2) is 0 Å². The smallest absolute Gasteiger partial charge is 0.433 e. The van der Waals surface area contributed by atoms with Crippen molar-refractivity contribution in [3.63, 3.8) is 0 Å². The number of hydrogen-bond donors (Lipinski definition) is 2. The molecule has 2 unspecified atom stereocenters. The lowest BCUT2D eigenvalue weighted by Gasteiger charge is -2.48. The topological polar surface area (TPSA) is 145 Å². The van der Waals surface area contributed by atoms with Gasteiger partial charge in [0, 0.05) is 43.2 Å². The van der Waals surface area contributed by atoms with Crippen LogP contribution in [0.1, 0.15) is 105 Å². The normalized spacial score (nSPS) is 22.9. The Labute approximate surface area is 332 Å². The summed E-state index contributed by atoms with van der Waals surface area (Å²) in [6, 6.07) is 12.1. The predicted molar refractivity (Wildman–Crippen MR) is 211 cm³/mol. The molecule has 58 heavy (non-hydrogen) atoms. The van der Waals surface area contributed by atoms with E-state index in [4.69, 9.17) is 9.84 Å². The van der Waals surface area contributed by atoms with Crippen molar-refractivity contribution in [1.82, 2.24) is 34.1 Å². The third-order valence-corrected chi connectivity index (χ3v) is 12.5. The van der Waals surface area contributed by atoms with E-state index in [2.05, 4.69) is 40.4 Å². The van der Waals surface area contributed by atoms with Crippen LogP contribution < -0.4 is 21.1 Å². The predicted octanol–water partition coefficient (Wildman–Crippen LogP) is 6.73. The summed E-state index contributed by atoms with van der Waals surface area (Å²) in [6.07, 6.45) is 3.63. The minimum atomic E-state index is -4.67. The number of para-hydroxylation sites is 1. The van der Waals surface area contributed by atoms with Gasteiger partial charge in [-0.2, -0.15) is 18.3 Å². The largest absolute Gasteiger partial charge is 0.494 e. The van der Waals surface area contributed by atoms with Crippen LogP contribution in [0.15, 0.2) is 59.5 Å². The maximum Gasteiger partial charge on any atom is 0.433 e. The van der Waals surface area contributed by atoms with Gasteiger partial charge in [-0.1, -0.05) is 18.2 Å². The van der Waals surface area contributed by atoms with E-state index in [1.54, 1.807) is 28.3 Å². The van der Waals surface area contributed by atoms with Crippen molar-refractivity contribution in [3.8, 4) is 5.75 Å². The van der Waals surface area contributed by atoms with Crippen LogP contribution in [0.2, 0.25) is 0 Å². The van der Waals surface area contributed by atoms with Gasteiger partial charge < -0.3 is 10.1 Å². The zero-order valence-corrected chi connectivity index (χ0v) is 32.9. The molecule has 3 aromatic heterocycles. The van der Waals surface area contributed by atoms with E-state index < -0.39 is 29.7 Å². The number of likely N-dealkylation sites (tertiary alicyclic amines) is 1. The number of alkyl halides is 3. The first-order valence-electron chi connectivity index (χ1n) is 19.8. The van der Waals surface area contributed by atoms with E-state index >= 15 is 0 Å². The lowest BCUT2D eigenvalue weighted by molar-refractivity contribution is -0.141. The van der Waals surface area contributed by atoms with E-state index in [1.165, 1.54) is 13.2 Å². The molecule has 0 bridgehead atoms. The van der Waals surface area contributed by atoms with Gasteiger partial charge in [0.2, 0.25) is 11.8 Å². The molecular formula is C42H47F3N8O5. The fourth-order valence-electron chi connectivity index (χ4n) is 9.41. The molecule has 0 radical (unpaired) electrons. The number of aryl methyl sites for hydroxylation is 1. The summed E-state index contributed by atoms with van der Waals surface area (Å²) >= 11 is 0. The molecule has 0 spiro atoms. The average Bonchev–Trinajstić information content (AvgIpc) is 3.72. The molecule has 2 N–H and O–H groups in total. The minimum absolute atomic E-state index is 0.0872. The highest BCUT2D eigenvalue weighted by Crippen LogP contribution is 2.42. The van der Waals surface area contributed by atoms with E-state index in [9.17, 15) is 32.3 Å².